The Morgan fingerprint density at radius 2 is 1.20 bits per heavy atom. The van der Waals surface area contributed by atoms with Crippen molar-refractivity contribution in [1.82, 2.24) is 4.90 Å². The lowest BCUT2D eigenvalue weighted by atomic mass is 9.98. The minimum Gasteiger partial charge on any atom is -0.294 e. The van der Waals surface area contributed by atoms with Gasteiger partial charge in [0.05, 0.1) is 0 Å². The van der Waals surface area contributed by atoms with Gasteiger partial charge in [-0.15, -0.1) is 11.6 Å². The van der Waals surface area contributed by atoms with Crippen LogP contribution in [-0.2, 0) is 25.9 Å². The van der Waals surface area contributed by atoms with Gasteiger partial charge in [-0.25, -0.2) is 0 Å². The van der Waals surface area contributed by atoms with Crippen LogP contribution in [-0.4, -0.2) is 17.3 Å². The quantitative estimate of drug-likeness (QED) is 0.753. The first-order chi connectivity index (χ1) is 9.86. The summed E-state index contributed by atoms with van der Waals surface area (Å²) in [5.41, 5.74) is 5.85. The summed E-state index contributed by atoms with van der Waals surface area (Å²) in [6.07, 6.45) is 2.25. The maximum absolute atomic E-state index is 5.98. The van der Waals surface area contributed by atoms with Crippen LogP contribution in [0.2, 0.25) is 0 Å². The first-order valence-electron chi connectivity index (χ1n) is 7.28. The number of aryl methyl sites for hydroxylation is 2. The van der Waals surface area contributed by atoms with Gasteiger partial charge in [-0.2, -0.15) is 0 Å². The van der Waals surface area contributed by atoms with Crippen LogP contribution in [0.3, 0.4) is 0 Å². The number of hydrogen-bond acceptors (Lipinski definition) is 1. The van der Waals surface area contributed by atoms with Crippen LogP contribution in [0.5, 0.6) is 0 Å². The lowest BCUT2D eigenvalue weighted by molar-refractivity contribution is 0.272. The van der Waals surface area contributed by atoms with Crippen LogP contribution in [0, 0.1) is 0 Å². The molecule has 0 radical (unpaired) electrons. The summed E-state index contributed by atoms with van der Waals surface area (Å²) in [4.78, 5) is 2.45. The van der Waals surface area contributed by atoms with Crippen molar-refractivity contribution in [2.45, 2.75) is 25.9 Å². The van der Waals surface area contributed by atoms with E-state index in [9.17, 15) is 0 Å². The van der Waals surface area contributed by atoms with E-state index >= 15 is 0 Å². The summed E-state index contributed by atoms with van der Waals surface area (Å²) in [5, 5.41) is 0. The number of alkyl halides is 1. The molecule has 0 saturated heterocycles. The van der Waals surface area contributed by atoms with Gasteiger partial charge in [0.2, 0.25) is 0 Å². The maximum atomic E-state index is 5.98. The molecule has 20 heavy (non-hydrogen) atoms. The molecule has 0 N–H and O–H groups in total. The molecule has 3 rings (SSSR count). The molecule has 1 nitrogen and oxygen atoms in total. The SMILES string of the molecule is ClCCN1Cc2ccccc2CCc2ccccc2C1. The molecule has 0 spiro atoms. The molecule has 0 saturated carbocycles. The average molecular weight is 286 g/mol. The molecular weight excluding hydrogens is 266 g/mol. The number of halogens is 1. The standard InChI is InChI=1S/C18H20ClN/c19-11-12-20-13-17-7-3-1-5-15(17)9-10-16-6-2-4-8-18(16)14-20/h1-8H,9-14H2. The predicted molar refractivity (Wildman–Crippen MR) is 85.1 cm³/mol. The van der Waals surface area contributed by atoms with Crippen molar-refractivity contribution in [3.63, 3.8) is 0 Å². The highest BCUT2D eigenvalue weighted by molar-refractivity contribution is 6.18. The van der Waals surface area contributed by atoms with Gasteiger partial charge in [0.1, 0.15) is 0 Å². The van der Waals surface area contributed by atoms with Crippen molar-refractivity contribution in [2.24, 2.45) is 0 Å². The van der Waals surface area contributed by atoms with E-state index in [0.717, 1.165) is 32.5 Å². The highest BCUT2D eigenvalue weighted by Crippen LogP contribution is 2.21. The monoisotopic (exact) mass is 285 g/mol. The molecule has 0 bridgehead atoms. The maximum Gasteiger partial charge on any atom is 0.0351 e. The normalized spacial score (nSPS) is 15.7. The van der Waals surface area contributed by atoms with Crippen LogP contribution in [0.15, 0.2) is 48.5 Å². The van der Waals surface area contributed by atoms with Crippen LogP contribution in [0.25, 0.3) is 0 Å². The third kappa shape index (κ3) is 3.05. The third-order valence-electron chi connectivity index (χ3n) is 4.09. The van der Waals surface area contributed by atoms with E-state index in [0.29, 0.717) is 5.88 Å². The topological polar surface area (TPSA) is 3.24 Å². The summed E-state index contributed by atoms with van der Waals surface area (Å²) in [6, 6.07) is 17.6. The number of fused-ring (bicyclic) bond motifs is 2. The van der Waals surface area contributed by atoms with Gasteiger partial charge in [-0.3, -0.25) is 4.90 Å². The Morgan fingerprint density at radius 1 is 0.750 bits per heavy atom. The molecule has 2 heteroatoms. The lowest BCUT2D eigenvalue weighted by Crippen LogP contribution is -2.25. The van der Waals surface area contributed by atoms with E-state index in [1.807, 2.05) is 0 Å². The fourth-order valence-corrected chi connectivity index (χ4v) is 3.23. The summed E-state index contributed by atoms with van der Waals surface area (Å²) in [7, 11) is 0. The van der Waals surface area contributed by atoms with Crippen molar-refractivity contribution in [1.29, 1.82) is 0 Å². The molecule has 0 amide bonds. The summed E-state index contributed by atoms with van der Waals surface area (Å²) >= 11 is 5.98. The summed E-state index contributed by atoms with van der Waals surface area (Å²) in [6.45, 7) is 2.93. The summed E-state index contributed by atoms with van der Waals surface area (Å²) in [5.74, 6) is 0.685. The van der Waals surface area contributed by atoms with Crippen LogP contribution in [0.4, 0.5) is 0 Å². The molecule has 1 heterocycles. The van der Waals surface area contributed by atoms with E-state index in [-0.39, 0.29) is 0 Å². The molecule has 0 unspecified atom stereocenters. The van der Waals surface area contributed by atoms with Crippen molar-refractivity contribution in [2.75, 3.05) is 12.4 Å². The number of nitrogens with zero attached hydrogens (tertiary/aromatic N) is 1. The number of rotatable bonds is 2. The Bertz CT molecular complexity index is 530. The smallest absolute Gasteiger partial charge is 0.0351 e. The molecule has 1 aliphatic rings. The second-order valence-corrected chi connectivity index (χ2v) is 5.82. The van der Waals surface area contributed by atoms with Crippen molar-refractivity contribution in [3.05, 3.63) is 70.8 Å². The Hall–Kier alpha value is -1.31. The second-order valence-electron chi connectivity index (χ2n) is 5.44. The lowest BCUT2D eigenvalue weighted by Gasteiger charge is -2.22. The predicted octanol–water partition coefficient (Wildman–Crippen LogP) is 4.03. The fraction of sp³-hybridized carbons (Fsp3) is 0.333. The van der Waals surface area contributed by atoms with Crippen molar-refractivity contribution < 1.29 is 0 Å². The number of benzene rings is 2. The van der Waals surface area contributed by atoms with Gasteiger partial charge in [0, 0.05) is 25.5 Å². The van der Waals surface area contributed by atoms with Gasteiger partial charge >= 0.3 is 0 Å². The highest BCUT2D eigenvalue weighted by atomic mass is 35.5. The zero-order chi connectivity index (χ0) is 13.8. The Labute approximate surface area is 126 Å². The molecule has 1 aliphatic heterocycles. The zero-order valence-electron chi connectivity index (χ0n) is 11.7. The molecule has 2 aromatic carbocycles. The second kappa shape index (κ2) is 6.43. The minimum atomic E-state index is 0.685. The molecule has 0 aliphatic carbocycles. The molecule has 104 valence electrons. The van der Waals surface area contributed by atoms with E-state index in [1.54, 1.807) is 0 Å². The molecule has 2 aromatic rings. The Kier molecular flexibility index (Phi) is 4.39. The van der Waals surface area contributed by atoms with Gasteiger partial charge in [0.25, 0.3) is 0 Å². The van der Waals surface area contributed by atoms with E-state index in [2.05, 4.69) is 53.4 Å². The molecule has 0 fully saturated rings. The van der Waals surface area contributed by atoms with Gasteiger partial charge in [-0.1, -0.05) is 48.5 Å². The molecular formula is C18H20ClN. The van der Waals surface area contributed by atoms with E-state index in [1.165, 1.54) is 22.3 Å². The largest absolute Gasteiger partial charge is 0.294 e. The first-order valence-corrected chi connectivity index (χ1v) is 7.82. The minimum absolute atomic E-state index is 0.685. The zero-order valence-corrected chi connectivity index (χ0v) is 12.4. The fourth-order valence-electron chi connectivity index (χ4n) is 3.00. The highest BCUT2D eigenvalue weighted by Gasteiger charge is 2.14. The molecule has 0 atom stereocenters. The molecule has 0 aromatic heterocycles. The third-order valence-corrected chi connectivity index (χ3v) is 4.26. The van der Waals surface area contributed by atoms with E-state index < -0.39 is 0 Å². The Balaban J connectivity index is 1.97. The van der Waals surface area contributed by atoms with Gasteiger partial charge in [0.15, 0.2) is 0 Å². The van der Waals surface area contributed by atoms with Crippen LogP contribution in [0.1, 0.15) is 22.3 Å². The van der Waals surface area contributed by atoms with Crippen molar-refractivity contribution >= 4 is 11.6 Å². The van der Waals surface area contributed by atoms with E-state index in [4.69, 9.17) is 11.6 Å². The van der Waals surface area contributed by atoms with Gasteiger partial charge < -0.3 is 0 Å². The Morgan fingerprint density at radius 3 is 1.65 bits per heavy atom. The van der Waals surface area contributed by atoms with Crippen LogP contribution < -0.4 is 0 Å². The summed E-state index contributed by atoms with van der Waals surface area (Å²) < 4.78 is 0. The average Bonchev–Trinajstić information content (AvgIpc) is 2.54. The first kappa shape index (κ1) is 13.7. The van der Waals surface area contributed by atoms with Crippen molar-refractivity contribution in [3.8, 4) is 0 Å². The number of hydrogen-bond donors (Lipinski definition) is 0. The van der Waals surface area contributed by atoms with Crippen LogP contribution >= 0.6 is 11.6 Å². The van der Waals surface area contributed by atoms with Gasteiger partial charge in [-0.05, 0) is 35.1 Å².